The minimum atomic E-state index is -0.599. The summed E-state index contributed by atoms with van der Waals surface area (Å²) in [6, 6.07) is 1.52. The first-order valence-electron chi connectivity index (χ1n) is 3.03. The van der Waals surface area contributed by atoms with E-state index < -0.39 is 6.67 Å². The van der Waals surface area contributed by atoms with Crippen molar-refractivity contribution in [1.29, 1.82) is 0 Å². The molecule has 0 spiro atoms. The van der Waals surface area contributed by atoms with E-state index in [0.717, 1.165) is 0 Å². The van der Waals surface area contributed by atoms with Crippen molar-refractivity contribution < 1.29 is 9.13 Å². The zero-order valence-corrected chi connectivity index (χ0v) is 6.73. The summed E-state index contributed by atoms with van der Waals surface area (Å²) in [7, 11) is 1.44. The Morgan fingerprint density at radius 1 is 1.73 bits per heavy atom. The topological polar surface area (TPSA) is 22.1 Å². The fraction of sp³-hybridized carbons (Fsp3) is 0.286. The van der Waals surface area contributed by atoms with Gasteiger partial charge >= 0.3 is 0 Å². The minimum absolute atomic E-state index is 0.248. The summed E-state index contributed by atoms with van der Waals surface area (Å²) in [5.41, 5.74) is 0.401. The van der Waals surface area contributed by atoms with Gasteiger partial charge in [0.25, 0.3) is 0 Å². The number of ether oxygens (including phenoxy) is 1. The Hall–Kier alpha value is -0.830. The lowest BCUT2D eigenvalue weighted by Crippen LogP contribution is -1.91. The molecule has 0 aliphatic rings. The van der Waals surface area contributed by atoms with Crippen LogP contribution >= 0.6 is 11.6 Å². The predicted molar refractivity (Wildman–Crippen MR) is 40.6 cm³/mol. The number of methoxy groups -OCH3 is 1. The SMILES string of the molecule is COc1nccc(CF)c1Cl. The van der Waals surface area contributed by atoms with Gasteiger partial charge in [-0.1, -0.05) is 11.6 Å². The third kappa shape index (κ3) is 1.60. The number of halogens is 2. The Morgan fingerprint density at radius 3 is 3.00 bits per heavy atom. The first-order chi connectivity index (χ1) is 5.29. The van der Waals surface area contributed by atoms with E-state index in [-0.39, 0.29) is 10.9 Å². The van der Waals surface area contributed by atoms with Gasteiger partial charge in [-0.3, -0.25) is 0 Å². The fourth-order valence-corrected chi connectivity index (χ4v) is 0.947. The van der Waals surface area contributed by atoms with Crippen molar-refractivity contribution in [2.75, 3.05) is 7.11 Å². The van der Waals surface area contributed by atoms with Gasteiger partial charge < -0.3 is 4.74 Å². The zero-order chi connectivity index (χ0) is 8.27. The highest BCUT2D eigenvalue weighted by Gasteiger charge is 2.06. The molecular formula is C7H7ClFNO. The van der Waals surface area contributed by atoms with Gasteiger partial charge in [0.1, 0.15) is 11.7 Å². The summed E-state index contributed by atoms with van der Waals surface area (Å²) in [6.07, 6.45) is 1.46. The van der Waals surface area contributed by atoms with Crippen LogP contribution in [-0.4, -0.2) is 12.1 Å². The highest BCUT2D eigenvalue weighted by Crippen LogP contribution is 2.25. The predicted octanol–water partition coefficient (Wildman–Crippen LogP) is 2.21. The molecule has 0 N–H and O–H groups in total. The third-order valence-electron chi connectivity index (χ3n) is 1.27. The standard InChI is InChI=1S/C7H7ClFNO/c1-11-7-6(8)5(4-9)2-3-10-7/h2-3H,4H2,1H3. The lowest BCUT2D eigenvalue weighted by Gasteiger charge is -2.02. The van der Waals surface area contributed by atoms with Crippen LogP contribution in [0.2, 0.25) is 5.02 Å². The molecule has 0 saturated carbocycles. The molecule has 0 aliphatic heterocycles. The maximum Gasteiger partial charge on any atom is 0.232 e. The summed E-state index contributed by atoms with van der Waals surface area (Å²) >= 11 is 5.68. The van der Waals surface area contributed by atoms with Gasteiger partial charge in [-0.05, 0) is 6.07 Å². The summed E-state index contributed by atoms with van der Waals surface area (Å²) in [6.45, 7) is -0.599. The summed E-state index contributed by atoms with van der Waals surface area (Å²) in [4.78, 5) is 3.78. The second-order valence-corrected chi connectivity index (χ2v) is 2.30. The van der Waals surface area contributed by atoms with Crippen LogP contribution in [0, 0.1) is 0 Å². The summed E-state index contributed by atoms with van der Waals surface area (Å²) in [5.74, 6) is 0.266. The molecule has 1 aromatic rings. The Balaban J connectivity index is 3.10. The van der Waals surface area contributed by atoms with Gasteiger partial charge in [0.05, 0.1) is 7.11 Å². The van der Waals surface area contributed by atoms with Crippen LogP contribution in [0.15, 0.2) is 12.3 Å². The molecule has 60 valence electrons. The average molecular weight is 176 g/mol. The molecule has 1 aromatic heterocycles. The normalized spacial score (nSPS) is 9.73. The molecule has 1 heterocycles. The van der Waals surface area contributed by atoms with Gasteiger partial charge in [0, 0.05) is 11.8 Å². The Kier molecular flexibility index (Phi) is 2.65. The van der Waals surface area contributed by atoms with Crippen LogP contribution < -0.4 is 4.74 Å². The van der Waals surface area contributed by atoms with E-state index in [0.29, 0.717) is 5.56 Å². The largest absolute Gasteiger partial charge is 0.480 e. The van der Waals surface area contributed by atoms with Crippen LogP contribution in [0.1, 0.15) is 5.56 Å². The van der Waals surface area contributed by atoms with E-state index in [2.05, 4.69) is 4.98 Å². The number of aromatic nitrogens is 1. The molecule has 1 rings (SSSR count). The lowest BCUT2D eigenvalue weighted by molar-refractivity contribution is 0.395. The van der Waals surface area contributed by atoms with Crippen molar-refractivity contribution in [2.45, 2.75) is 6.67 Å². The first-order valence-corrected chi connectivity index (χ1v) is 3.40. The maximum atomic E-state index is 12.1. The van der Waals surface area contributed by atoms with Crippen molar-refractivity contribution in [3.63, 3.8) is 0 Å². The molecule has 0 unspecified atom stereocenters. The van der Waals surface area contributed by atoms with Gasteiger partial charge in [-0.25, -0.2) is 9.37 Å². The van der Waals surface area contributed by atoms with Crippen LogP contribution in [-0.2, 0) is 6.67 Å². The Bertz CT molecular complexity index is 232. The molecule has 0 aliphatic carbocycles. The molecule has 11 heavy (non-hydrogen) atoms. The van der Waals surface area contributed by atoms with Gasteiger partial charge in [0.2, 0.25) is 5.88 Å². The molecule has 0 atom stereocenters. The van der Waals surface area contributed by atoms with E-state index >= 15 is 0 Å². The fourth-order valence-electron chi connectivity index (χ4n) is 0.708. The zero-order valence-electron chi connectivity index (χ0n) is 5.97. The van der Waals surface area contributed by atoms with Crippen molar-refractivity contribution in [3.05, 3.63) is 22.8 Å². The van der Waals surface area contributed by atoms with Gasteiger partial charge in [0.15, 0.2) is 0 Å². The van der Waals surface area contributed by atoms with Crippen molar-refractivity contribution in [1.82, 2.24) is 4.98 Å². The molecule has 2 nitrogen and oxygen atoms in total. The molecule has 0 bridgehead atoms. The second-order valence-electron chi connectivity index (χ2n) is 1.93. The van der Waals surface area contributed by atoms with Crippen molar-refractivity contribution in [3.8, 4) is 5.88 Å². The number of nitrogens with zero attached hydrogens (tertiary/aromatic N) is 1. The number of pyridine rings is 1. The van der Waals surface area contributed by atoms with Crippen molar-refractivity contribution >= 4 is 11.6 Å². The quantitative estimate of drug-likeness (QED) is 0.688. The van der Waals surface area contributed by atoms with E-state index in [1.165, 1.54) is 19.4 Å². The van der Waals surface area contributed by atoms with Crippen LogP contribution in [0.5, 0.6) is 5.88 Å². The van der Waals surface area contributed by atoms with Crippen molar-refractivity contribution in [2.24, 2.45) is 0 Å². The first kappa shape index (κ1) is 8.27. The summed E-state index contributed by atoms with van der Waals surface area (Å²) in [5, 5.41) is 0.248. The van der Waals surface area contributed by atoms with Crippen LogP contribution in [0.3, 0.4) is 0 Å². The molecule has 0 aromatic carbocycles. The van der Waals surface area contributed by atoms with Gasteiger partial charge in [-0.15, -0.1) is 0 Å². The number of rotatable bonds is 2. The molecule has 0 radical (unpaired) electrons. The van der Waals surface area contributed by atoms with Crippen LogP contribution in [0.25, 0.3) is 0 Å². The lowest BCUT2D eigenvalue weighted by atomic mass is 10.3. The molecular weight excluding hydrogens is 169 g/mol. The minimum Gasteiger partial charge on any atom is -0.480 e. The molecule has 0 saturated heterocycles. The third-order valence-corrected chi connectivity index (χ3v) is 1.68. The van der Waals surface area contributed by atoms with Crippen LogP contribution in [0.4, 0.5) is 4.39 Å². The molecule has 0 amide bonds. The highest BCUT2D eigenvalue weighted by atomic mass is 35.5. The molecule has 4 heteroatoms. The van der Waals surface area contributed by atoms with E-state index in [1.807, 2.05) is 0 Å². The smallest absolute Gasteiger partial charge is 0.232 e. The number of alkyl halides is 1. The monoisotopic (exact) mass is 175 g/mol. The Labute approximate surface area is 69.0 Å². The maximum absolute atomic E-state index is 12.1. The second kappa shape index (κ2) is 3.53. The summed E-state index contributed by atoms with van der Waals surface area (Å²) < 4.78 is 16.9. The van der Waals surface area contributed by atoms with Gasteiger partial charge in [-0.2, -0.15) is 0 Å². The molecule has 0 fully saturated rings. The van der Waals surface area contributed by atoms with E-state index in [9.17, 15) is 4.39 Å². The van der Waals surface area contributed by atoms with E-state index in [1.54, 1.807) is 0 Å². The average Bonchev–Trinajstić information content (AvgIpc) is 2.05. The van der Waals surface area contributed by atoms with E-state index in [4.69, 9.17) is 16.3 Å². The number of hydrogen-bond acceptors (Lipinski definition) is 2. The Morgan fingerprint density at radius 2 is 2.45 bits per heavy atom. The number of hydrogen-bond donors (Lipinski definition) is 0. The highest BCUT2D eigenvalue weighted by molar-refractivity contribution is 6.32.